The van der Waals surface area contributed by atoms with Crippen molar-refractivity contribution >= 4 is 0 Å². The molecule has 0 aliphatic carbocycles. The Kier molecular flexibility index (Phi) is 5.23. The number of hydrogen-bond donors (Lipinski definition) is 2. The predicted molar refractivity (Wildman–Crippen MR) is 85.8 cm³/mol. The average Bonchev–Trinajstić information content (AvgIpc) is 2.49. The maximum absolute atomic E-state index is 9.31. The lowest BCUT2D eigenvalue weighted by atomic mass is 10.0. The minimum Gasteiger partial charge on any atom is -0.508 e. The molecule has 0 aromatic heterocycles. The van der Waals surface area contributed by atoms with Crippen LogP contribution in [-0.4, -0.2) is 18.3 Å². The largest absolute Gasteiger partial charge is 0.508 e. The Morgan fingerprint density at radius 1 is 1.10 bits per heavy atom. The molecule has 2 atom stereocenters. The summed E-state index contributed by atoms with van der Waals surface area (Å²) >= 11 is 0. The molecule has 0 saturated carbocycles. The van der Waals surface area contributed by atoms with Crippen molar-refractivity contribution in [2.24, 2.45) is 0 Å². The minimum atomic E-state index is 0.257. The van der Waals surface area contributed by atoms with E-state index in [1.807, 2.05) is 24.3 Å². The molecule has 2 rings (SSSR count). The second kappa shape index (κ2) is 7.14. The van der Waals surface area contributed by atoms with Crippen LogP contribution in [0, 0.1) is 0 Å². The molecule has 0 aliphatic heterocycles. The maximum Gasteiger partial charge on any atom is 0.119 e. The molecule has 3 heteroatoms. The third kappa shape index (κ3) is 4.50. The second-order valence-corrected chi connectivity index (χ2v) is 5.44. The summed E-state index contributed by atoms with van der Waals surface area (Å²) in [7, 11) is 1.69. The van der Waals surface area contributed by atoms with Gasteiger partial charge in [0.1, 0.15) is 11.5 Å². The van der Waals surface area contributed by atoms with E-state index in [1.165, 1.54) is 11.1 Å². The van der Waals surface area contributed by atoms with E-state index in [-0.39, 0.29) is 6.04 Å². The Balaban J connectivity index is 1.94. The molecule has 0 saturated heterocycles. The lowest BCUT2D eigenvalue weighted by molar-refractivity contribution is 0.412. The Bertz CT molecular complexity index is 566. The second-order valence-electron chi connectivity index (χ2n) is 5.44. The highest BCUT2D eigenvalue weighted by atomic mass is 16.5. The van der Waals surface area contributed by atoms with Crippen molar-refractivity contribution < 1.29 is 9.84 Å². The molecule has 0 amide bonds. The molecule has 0 radical (unpaired) electrons. The highest BCUT2D eigenvalue weighted by Gasteiger charge is 2.10. The van der Waals surface area contributed by atoms with Crippen LogP contribution < -0.4 is 10.1 Å². The van der Waals surface area contributed by atoms with Gasteiger partial charge in [-0.05, 0) is 55.7 Å². The van der Waals surface area contributed by atoms with Crippen LogP contribution in [0.15, 0.2) is 48.5 Å². The predicted octanol–water partition coefficient (Wildman–Crippen LogP) is 3.68. The van der Waals surface area contributed by atoms with Crippen molar-refractivity contribution in [3.05, 3.63) is 59.7 Å². The van der Waals surface area contributed by atoms with Crippen LogP contribution in [-0.2, 0) is 6.42 Å². The highest BCUT2D eigenvalue weighted by Crippen LogP contribution is 2.20. The highest BCUT2D eigenvalue weighted by molar-refractivity contribution is 5.30. The van der Waals surface area contributed by atoms with E-state index in [9.17, 15) is 5.11 Å². The molecule has 2 aromatic carbocycles. The topological polar surface area (TPSA) is 41.5 Å². The van der Waals surface area contributed by atoms with Gasteiger partial charge in [-0.15, -0.1) is 0 Å². The summed E-state index contributed by atoms with van der Waals surface area (Å²) < 4.78 is 5.27. The quantitative estimate of drug-likeness (QED) is 0.850. The molecule has 2 aromatic rings. The fourth-order valence-electron chi connectivity index (χ4n) is 2.48. The first-order valence-electron chi connectivity index (χ1n) is 7.26. The number of hydrogen-bond acceptors (Lipinski definition) is 3. The molecule has 0 bridgehead atoms. The fraction of sp³-hybridized carbons (Fsp3) is 0.333. The average molecular weight is 285 g/mol. The van der Waals surface area contributed by atoms with E-state index < -0.39 is 0 Å². The van der Waals surface area contributed by atoms with Crippen molar-refractivity contribution in [1.82, 2.24) is 5.32 Å². The van der Waals surface area contributed by atoms with Crippen LogP contribution in [0.2, 0.25) is 0 Å². The molecule has 21 heavy (non-hydrogen) atoms. The smallest absolute Gasteiger partial charge is 0.119 e. The molecule has 3 nitrogen and oxygen atoms in total. The zero-order chi connectivity index (χ0) is 15.2. The Morgan fingerprint density at radius 2 is 1.81 bits per heavy atom. The van der Waals surface area contributed by atoms with Crippen molar-refractivity contribution in [1.29, 1.82) is 0 Å². The lowest BCUT2D eigenvalue weighted by Crippen LogP contribution is -2.30. The molecular formula is C18H23NO2. The number of aromatic hydroxyl groups is 1. The van der Waals surface area contributed by atoms with Crippen LogP contribution in [0.1, 0.15) is 31.0 Å². The van der Waals surface area contributed by atoms with Crippen molar-refractivity contribution in [2.75, 3.05) is 7.11 Å². The molecule has 0 spiro atoms. The number of rotatable bonds is 6. The Hall–Kier alpha value is -2.00. The minimum absolute atomic E-state index is 0.257. The number of ether oxygens (including phenoxy) is 1. The normalized spacial score (nSPS) is 13.7. The van der Waals surface area contributed by atoms with E-state index in [0.717, 1.165) is 12.2 Å². The van der Waals surface area contributed by atoms with Crippen LogP contribution in [0.4, 0.5) is 0 Å². The van der Waals surface area contributed by atoms with Gasteiger partial charge in [-0.25, -0.2) is 0 Å². The maximum atomic E-state index is 9.31. The summed E-state index contributed by atoms with van der Waals surface area (Å²) in [6, 6.07) is 16.1. The van der Waals surface area contributed by atoms with Crippen LogP contribution in [0.5, 0.6) is 11.5 Å². The first-order chi connectivity index (χ1) is 10.1. The van der Waals surface area contributed by atoms with Gasteiger partial charge in [0.05, 0.1) is 7.11 Å². The zero-order valence-corrected chi connectivity index (χ0v) is 12.8. The van der Waals surface area contributed by atoms with Gasteiger partial charge < -0.3 is 15.2 Å². The standard InChI is InChI=1S/C18H23NO2/c1-13(11-15-7-9-17(20)10-8-15)19-14(2)16-5-4-6-18(12-16)21-3/h4-10,12-14,19-20H,11H2,1-3H3/t13?,14-/m1/s1. The summed E-state index contributed by atoms with van der Waals surface area (Å²) in [5, 5.41) is 12.9. The molecule has 0 heterocycles. The zero-order valence-electron chi connectivity index (χ0n) is 12.8. The Morgan fingerprint density at radius 3 is 2.48 bits per heavy atom. The van der Waals surface area contributed by atoms with E-state index in [1.54, 1.807) is 19.2 Å². The van der Waals surface area contributed by atoms with Gasteiger partial charge in [0.15, 0.2) is 0 Å². The van der Waals surface area contributed by atoms with Crippen LogP contribution >= 0.6 is 0 Å². The Labute approximate surface area is 126 Å². The SMILES string of the molecule is COc1cccc([C@@H](C)NC(C)Cc2ccc(O)cc2)c1. The van der Waals surface area contributed by atoms with E-state index in [2.05, 4.69) is 31.3 Å². The monoisotopic (exact) mass is 285 g/mol. The third-order valence-electron chi connectivity index (χ3n) is 3.61. The summed E-state index contributed by atoms with van der Waals surface area (Å²) in [5.74, 6) is 1.19. The van der Waals surface area contributed by atoms with E-state index in [4.69, 9.17) is 4.74 Å². The van der Waals surface area contributed by atoms with Gasteiger partial charge in [0, 0.05) is 12.1 Å². The summed E-state index contributed by atoms with van der Waals surface area (Å²) in [6.45, 7) is 4.33. The van der Waals surface area contributed by atoms with Crippen molar-refractivity contribution in [3.8, 4) is 11.5 Å². The first kappa shape index (κ1) is 15.4. The third-order valence-corrected chi connectivity index (χ3v) is 3.61. The number of benzene rings is 2. The number of phenols is 1. The number of methoxy groups -OCH3 is 1. The number of phenolic OH excluding ortho intramolecular Hbond substituents is 1. The van der Waals surface area contributed by atoms with E-state index in [0.29, 0.717) is 11.8 Å². The summed E-state index contributed by atoms with van der Waals surface area (Å²) in [5.41, 5.74) is 2.43. The van der Waals surface area contributed by atoms with Crippen LogP contribution in [0.25, 0.3) is 0 Å². The van der Waals surface area contributed by atoms with Gasteiger partial charge in [-0.3, -0.25) is 0 Å². The van der Waals surface area contributed by atoms with Gasteiger partial charge in [-0.2, -0.15) is 0 Å². The van der Waals surface area contributed by atoms with Crippen molar-refractivity contribution in [2.45, 2.75) is 32.4 Å². The van der Waals surface area contributed by atoms with Gasteiger partial charge in [-0.1, -0.05) is 24.3 Å². The molecule has 0 aliphatic rings. The first-order valence-corrected chi connectivity index (χ1v) is 7.26. The van der Waals surface area contributed by atoms with E-state index >= 15 is 0 Å². The summed E-state index contributed by atoms with van der Waals surface area (Å²) in [6.07, 6.45) is 0.925. The van der Waals surface area contributed by atoms with Crippen molar-refractivity contribution in [3.63, 3.8) is 0 Å². The molecule has 2 N–H and O–H groups in total. The lowest BCUT2D eigenvalue weighted by Gasteiger charge is -2.21. The fourth-order valence-corrected chi connectivity index (χ4v) is 2.48. The van der Waals surface area contributed by atoms with Gasteiger partial charge in [0.2, 0.25) is 0 Å². The molecule has 0 fully saturated rings. The van der Waals surface area contributed by atoms with Gasteiger partial charge in [0.25, 0.3) is 0 Å². The van der Waals surface area contributed by atoms with Gasteiger partial charge >= 0.3 is 0 Å². The molecule has 1 unspecified atom stereocenters. The number of nitrogens with one attached hydrogen (secondary N) is 1. The molecule has 112 valence electrons. The van der Waals surface area contributed by atoms with Crippen LogP contribution in [0.3, 0.4) is 0 Å². The molecular weight excluding hydrogens is 262 g/mol. The summed E-state index contributed by atoms with van der Waals surface area (Å²) in [4.78, 5) is 0.